The van der Waals surface area contributed by atoms with Crippen LogP contribution in [0.25, 0.3) is 0 Å². The first-order chi connectivity index (χ1) is 51.6. The third-order valence-electron chi connectivity index (χ3n) is 27.5. The quantitative estimate of drug-likeness (QED) is 0.0338. The maximum absolute atomic E-state index is 12.7. The molecule has 0 N–H and O–H groups in total. The van der Waals surface area contributed by atoms with Crippen molar-refractivity contribution in [2.75, 3.05) is 59.5 Å². The molecule has 8 aliphatic carbocycles. The zero-order valence-electron chi connectivity index (χ0n) is 67.6. The maximum Gasteiger partial charge on any atom is 0.509 e. The summed E-state index contributed by atoms with van der Waals surface area (Å²) in [5.74, 6) is -3.51. The van der Waals surface area contributed by atoms with Gasteiger partial charge in [-0.3, -0.25) is 35.9 Å². The summed E-state index contributed by atoms with van der Waals surface area (Å²) in [6.07, 6.45) is -2.05. The number of hydrogen-bond donors (Lipinski definition) is 0. The van der Waals surface area contributed by atoms with E-state index in [-0.39, 0.29) is 135 Å². The van der Waals surface area contributed by atoms with Gasteiger partial charge in [0.05, 0.1) is 42.7 Å². The second kappa shape index (κ2) is 32.2. The fraction of sp³-hybridized carbons (Fsp3) is 0.878. The number of ether oxygens (including phenoxy) is 13. The third-order valence-corrected chi connectivity index (χ3v) is 34.7. The first-order valence-corrected chi connectivity index (χ1v) is 44.4. The molecule has 4 saturated heterocycles. The number of esters is 5. The van der Waals surface area contributed by atoms with Crippen LogP contribution in [0.15, 0.2) is 0 Å². The van der Waals surface area contributed by atoms with Gasteiger partial charge in [0.15, 0.2) is 6.61 Å². The molecule has 638 valence electrons. The van der Waals surface area contributed by atoms with Crippen LogP contribution in [0.2, 0.25) is 0 Å². The lowest BCUT2D eigenvalue weighted by Crippen LogP contribution is -2.63. The lowest BCUT2D eigenvalue weighted by atomic mass is 9.61. The highest BCUT2D eigenvalue weighted by atomic mass is 32.2. The minimum absolute atomic E-state index is 0.0187. The van der Waals surface area contributed by atoms with Gasteiger partial charge in [-0.1, -0.05) is 62.3 Å². The zero-order valence-corrected chi connectivity index (χ0v) is 70.9. The highest BCUT2D eigenvalue weighted by molar-refractivity contribution is 7.88. The van der Waals surface area contributed by atoms with Gasteiger partial charge >= 0.3 is 54.5 Å². The van der Waals surface area contributed by atoms with Crippen LogP contribution in [0.4, 0.5) is 19.2 Å². The number of hydrogen-bond acceptors (Lipinski definition) is 34. The number of rotatable bonds is 26. The van der Waals surface area contributed by atoms with Crippen LogP contribution in [0.3, 0.4) is 0 Å². The highest BCUT2D eigenvalue weighted by Gasteiger charge is 2.87. The molecule has 8 bridgehead atoms. The van der Waals surface area contributed by atoms with Crippen LogP contribution in [0, 0.1) is 85.8 Å². The molecule has 112 heavy (non-hydrogen) atoms. The fourth-order valence-corrected chi connectivity index (χ4v) is 27.1. The van der Waals surface area contributed by atoms with Gasteiger partial charge in [-0.15, -0.1) is 0 Å². The summed E-state index contributed by atoms with van der Waals surface area (Å²) in [7, 11) is -14.5. The largest absolute Gasteiger partial charge is 0.509 e. The molecule has 38 heteroatoms. The standard InChI is InChI=1S/C21H34O8S.C18H26O10S.C18H28O8S.C17H26O8S/c1-9-18(4,5)16(22)26-10-11-27-17(23)28-21(8)19(6)12(2)14-15(13(19)3)30(24,25)29-20(14,21)7;1-4-18(2,3)16(20)25-6-5-24-13(19)9-26-17(21)27-14-10-7-11-12(8-10)29(22,23)28-15(11)14;1-6-17(2,3)15(19)23-7-8-24-16(20)25-13-10-9-11-12(18(10,4)5)14(13)26-27(11,21)22;1-5-16(2,3)14(18)22-6-7-23-15(19)24-17(4)10-8-11-12(9-10)26(20,21)25-13(11)17/h12-15H,9-11H2,1-8H3;10-12,14-15H,4-9H2,1-3H3;10-14H,6-9H2,1-5H3;10-13H,5-9H2,1-4H3. The summed E-state index contributed by atoms with van der Waals surface area (Å²) in [5, 5.41) is -2.11. The average molecular weight is 1680 g/mol. The van der Waals surface area contributed by atoms with Crippen molar-refractivity contribution in [3.63, 3.8) is 0 Å². The molecular formula is C74H114O34S4. The predicted octanol–water partition coefficient (Wildman–Crippen LogP) is 8.73. The van der Waals surface area contributed by atoms with E-state index in [0.29, 0.717) is 57.8 Å². The zero-order chi connectivity index (χ0) is 83.8. The van der Waals surface area contributed by atoms with Gasteiger partial charge in [-0.05, 0) is 151 Å². The van der Waals surface area contributed by atoms with Crippen LogP contribution in [-0.4, -0.2) is 216 Å². The lowest BCUT2D eigenvalue weighted by Gasteiger charge is -2.50. The molecule has 12 aliphatic rings. The Morgan fingerprint density at radius 3 is 1.34 bits per heavy atom. The lowest BCUT2D eigenvalue weighted by molar-refractivity contribution is -0.184. The Kier molecular flexibility index (Phi) is 25.9. The van der Waals surface area contributed by atoms with E-state index in [9.17, 15) is 76.8 Å². The molecule has 0 spiro atoms. The number of carbonyl (C=O) groups is 9. The molecule has 34 nitrogen and oxygen atoms in total. The van der Waals surface area contributed by atoms with E-state index < -0.39 is 173 Å². The van der Waals surface area contributed by atoms with Crippen molar-refractivity contribution in [2.45, 2.75) is 265 Å². The highest BCUT2D eigenvalue weighted by Crippen LogP contribution is 2.76. The molecule has 0 radical (unpaired) electrons. The molecule has 4 aliphatic heterocycles. The molecule has 4 heterocycles. The van der Waals surface area contributed by atoms with Gasteiger partial charge < -0.3 is 61.6 Å². The summed E-state index contributed by atoms with van der Waals surface area (Å²) in [6.45, 7) is 35.2. The molecule has 12 fully saturated rings. The van der Waals surface area contributed by atoms with E-state index in [1.807, 2.05) is 62.3 Å². The van der Waals surface area contributed by atoms with Crippen molar-refractivity contribution in [3.05, 3.63) is 0 Å². The third kappa shape index (κ3) is 16.6. The Balaban J connectivity index is 0.000000172. The van der Waals surface area contributed by atoms with Crippen LogP contribution in [0.1, 0.15) is 196 Å². The Hall–Kier alpha value is -5.93. The summed E-state index contributed by atoms with van der Waals surface area (Å²) < 4.78 is 186. The molecule has 22 unspecified atom stereocenters. The van der Waals surface area contributed by atoms with Gasteiger partial charge in [0.25, 0.3) is 40.5 Å². The minimum Gasteiger partial charge on any atom is -0.462 e. The van der Waals surface area contributed by atoms with Crippen LogP contribution in [-0.2, 0) is 143 Å². The van der Waals surface area contributed by atoms with E-state index in [2.05, 4.69) is 0 Å². The fourth-order valence-electron chi connectivity index (χ4n) is 18.8. The Morgan fingerprint density at radius 2 is 0.839 bits per heavy atom. The van der Waals surface area contributed by atoms with E-state index in [1.165, 1.54) is 0 Å². The molecular weight excluding hydrogens is 1560 g/mol. The van der Waals surface area contributed by atoms with Crippen molar-refractivity contribution >= 4 is 94.9 Å². The normalized spacial score (nSPS) is 36.8. The Bertz CT molecular complexity index is 4080. The topological polar surface area (TPSA) is 447 Å². The van der Waals surface area contributed by atoms with E-state index in [1.54, 1.807) is 76.2 Å². The molecule has 22 atom stereocenters. The smallest absolute Gasteiger partial charge is 0.462 e. The minimum atomic E-state index is -3.75. The SMILES string of the molecule is CCC(C)(C)C(=O)OCCOC(=O)COC(=O)OC1C2CC3C1OS(=O)(=O)C3C2.CCC(C)(C)C(=O)OCCOC(=O)OC1(C)C2(C)OS(=O)(=O)C3C2C(C)C1(C)C3C.CCC(C)(C)C(=O)OCCOC(=O)OC1(C)C2CC3C1OS(=O)(=O)C3C2.CCC(C)(C)C(=O)OCCOC(=O)OC1C2OS(=O)(=O)C3CC1C(C)(C)C23. The summed E-state index contributed by atoms with van der Waals surface area (Å²) in [5.41, 5.74) is -6.64. The first-order valence-electron chi connectivity index (χ1n) is 38.5. The van der Waals surface area contributed by atoms with Crippen LogP contribution < -0.4 is 0 Å². The molecule has 0 aromatic rings. The summed E-state index contributed by atoms with van der Waals surface area (Å²) in [6, 6.07) is 0. The van der Waals surface area contributed by atoms with Gasteiger partial charge in [0, 0.05) is 46.8 Å². The average Bonchev–Trinajstić information content (AvgIpc) is 1.54. The number of fused-ring (bicyclic) bond motifs is 4. The molecule has 0 aromatic carbocycles. The molecule has 0 amide bonds. The van der Waals surface area contributed by atoms with Gasteiger partial charge in [-0.2, -0.15) is 33.7 Å². The van der Waals surface area contributed by atoms with E-state index >= 15 is 0 Å². The predicted molar refractivity (Wildman–Crippen MR) is 388 cm³/mol. The summed E-state index contributed by atoms with van der Waals surface area (Å²) >= 11 is 0. The second-order valence-electron chi connectivity index (χ2n) is 35.3. The first kappa shape index (κ1) is 90.0. The van der Waals surface area contributed by atoms with Gasteiger partial charge in [0.1, 0.15) is 100 Å². The van der Waals surface area contributed by atoms with Gasteiger partial charge in [0.2, 0.25) is 0 Å². The Labute approximate surface area is 656 Å². The molecule has 8 saturated carbocycles. The molecule has 12 rings (SSSR count). The Morgan fingerprint density at radius 1 is 0.420 bits per heavy atom. The van der Waals surface area contributed by atoms with Crippen molar-refractivity contribution in [2.24, 2.45) is 85.8 Å². The maximum atomic E-state index is 12.7. The second-order valence-corrected chi connectivity index (χ2v) is 42.4. The van der Waals surface area contributed by atoms with Crippen molar-refractivity contribution < 1.29 is 155 Å². The van der Waals surface area contributed by atoms with Crippen LogP contribution >= 0.6 is 0 Å². The number of carbonyl (C=O) groups excluding carboxylic acids is 9. The van der Waals surface area contributed by atoms with Crippen molar-refractivity contribution in [1.82, 2.24) is 0 Å². The van der Waals surface area contributed by atoms with Crippen molar-refractivity contribution in [3.8, 4) is 0 Å². The van der Waals surface area contributed by atoms with E-state index in [4.69, 9.17) is 78.3 Å². The van der Waals surface area contributed by atoms with Crippen molar-refractivity contribution in [1.29, 1.82) is 0 Å². The van der Waals surface area contributed by atoms with E-state index in [0.717, 1.165) is 0 Å². The molecule has 0 aromatic heterocycles. The monoisotopic (exact) mass is 1670 g/mol. The van der Waals surface area contributed by atoms with Gasteiger partial charge in [-0.25, -0.2) is 24.0 Å². The van der Waals surface area contributed by atoms with Crippen LogP contribution in [0.5, 0.6) is 0 Å². The summed E-state index contributed by atoms with van der Waals surface area (Å²) in [4.78, 5) is 108.